The van der Waals surface area contributed by atoms with Gasteiger partial charge in [0.25, 0.3) is 0 Å². The molecule has 1 heterocycles. The molecule has 0 bridgehead atoms. The third-order valence-electron chi connectivity index (χ3n) is 3.94. The highest BCUT2D eigenvalue weighted by atomic mass is 19.1. The summed E-state index contributed by atoms with van der Waals surface area (Å²) < 4.78 is 13.2. The van der Waals surface area contributed by atoms with Gasteiger partial charge in [-0.3, -0.25) is 0 Å². The van der Waals surface area contributed by atoms with E-state index in [1.54, 1.807) is 6.07 Å². The first-order valence-corrected chi connectivity index (χ1v) is 6.75. The maximum Gasteiger partial charge on any atom is 0.123 e. The molecule has 3 heteroatoms. The largest absolute Gasteiger partial charge is 0.371 e. The number of nitrogens with zero attached hydrogens (tertiary/aromatic N) is 1. The van der Waals surface area contributed by atoms with Gasteiger partial charge in [-0.1, -0.05) is 13.8 Å². The number of halogens is 1. The molecule has 2 rings (SSSR count). The third kappa shape index (κ3) is 3.02. The van der Waals surface area contributed by atoms with E-state index in [2.05, 4.69) is 18.7 Å². The van der Waals surface area contributed by atoms with E-state index < -0.39 is 0 Å². The van der Waals surface area contributed by atoms with Crippen LogP contribution in [-0.2, 0) is 6.54 Å². The highest BCUT2D eigenvalue weighted by Gasteiger charge is 2.23. The molecule has 0 aromatic heterocycles. The minimum Gasteiger partial charge on any atom is -0.371 e. The zero-order valence-electron chi connectivity index (χ0n) is 11.4. The lowest BCUT2D eigenvalue weighted by molar-refractivity contribution is 0.325. The Morgan fingerprint density at radius 3 is 2.78 bits per heavy atom. The fourth-order valence-corrected chi connectivity index (χ4v) is 2.69. The average molecular weight is 250 g/mol. The van der Waals surface area contributed by atoms with Gasteiger partial charge in [-0.2, -0.15) is 0 Å². The number of hydrogen-bond acceptors (Lipinski definition) is 2. The van der Waals surface area contributed by atoms with E-state index in [1.807, 2.05) is 6.07 Å². The minimum atomic E-state index is -0.200. The molecule has 0 radical (unpaired) electrons. The van der Waals surface area contributed by atoms with Gasteiger partial charge in [-0.25, -0.2) is 4.39 Å². The molecule has 1 aromatic carbocycles. The summed E-state index contributed by atoms with van der Waals surface area (Å²) >= 11 is 0. The maximum absolute atomic E-state index is 13.2. The molecule has 2 nitrogen and oxygen atoms in total. The molecule has 0 saturated carbocycles. The lowest BCUT2D eigenvalue weighted by Crippen LogP contribution is -2.26. The number of rotatable bonds is 2. The van der Waals surface area contributed by atoms with Crippen LogP contribution in [0.3, 0.4) is 0 Å². The molecule has 1 aliphatic heterocycles. The molecule has 100 valence electrons. The smallest absolute Gasteiger partial charge is 0.123 e. The standard InChI is InChI=1S/C15H23FN2/c1-15(2)6-3-8-18(9-7-15)14-5-4-13(16)10-12(14)11-17/h4-5,10H,3,6-9,11,17H2,1-2H3. The van der Waals surface area contributed by atoms with Gasteiger partial charge < -0.3 is 10.6 Å². The second-order valence-electron chi connectivity index (χ2n) is 5.98. The van der Waals surface area contributed by atoms with Gasteiger partial charge in [0.15, 0.2) is 0 Å². The fourth-order valence-electron chi connectivity index (χ4n) is 2.69. The van der Waals surface area contributed by atoms with E-state index in [1.165, 1.54) is 25.3 Å². The number of anilines is 1. The Hall–Kier alpha value is -1.09. The summed E-state index contributed by atoms with van der Waals surface area (Å²) in [6.07, 6.45) is 3.62. The Labute approximate surface area is 109 Å². The molecule has 1 fully saturated rings. The average Bonchev–Trinajstić information content (AvgIpc) is 2.50. The quantitative estimate of drug-likeness (QED) is 0.872. The molecular formula is C15H23FN2. The monoisotopic (exact) mass is 250 g/mol. The first-order chi connectivity index (χ1) is 8.52. The molecule has 1 aromatic rings. The first kappa shape index (κ1) is 13.3. The molecule has 0 unspecified atom stereocenters. The van der Waals surface area contributed by atoms with E-state index in [0.717, 1.165) is 24.3 Å². The highest BCUT2D eigenvalue weighted by Crippen LogP contribution is 2.32. The molecule has 0 amide bonds. The summed E-state index contributed by atoms with van der Waals surface area (Å²) in [5.74, 6) is -0.200. The molecule has 0 aliphatic carbocycles. The van der Waals surface area contributed by atoms with Gasteiger partial charge in [-0.15, -0.1) is 0 Å². The van der Waals surface area contributed by atoms with Crippen molar-refractivity contribution in [2.24, 2.45) is 11.1 Å². The second-order valence-corrected chi connectivity index (χ2v) is 5.98. The first-order valence-electron chi connectivity index (χ1n) is 6.75. The van der Waals surface area contributed by atoms with Gasteiger partial charge in [-0.05, 0) is 48.4 Å². The Bertz CT molecular complexity index is 415. The lowest BCUT2D eigenvalue weighted by Gasteiger charge is -2.26. The molecule has 2 N–H and O–H groups in total. The van der Waals surface area contributed by atoms with Crippen molar-refractivity contribution >= 4 is 5.69 Å². The summed E-state index contributed by atoms with van der Waals surface area (Å²) in [5, 5.41) is 0. The SMILES string of the molecule is CC1(C)CCCN(c2ccc(F)cc2CN)CC1. The number of nitrogens with two attached hydrogens (primary N) is 1. The van der Waals surface area contributed by atoms with E-state index in [-0.39, 0.29) is 5.82 Å². The van der Waals surface area contributed by atoms with Gasteiger partial charge in [0, 0.05) is 25.3 Å². The van der Waals surface area contributed by atoms with Crippen molar-refractivity contribution in [3.8, 4) is 0 Å². The topological polar surface area (TPSA) is 29.3 Å². The molecule has 0 atom stereocenters. The van der Waals surface area contributed by atoms with Gasteiger partial charge in [0.05, 0.1) is 0 Å². The molecule has 18 heavy (non-hydrogen) atoms. The van der Waals surface area contributed by atoms with Gasteiger partial charge in [0.2, 0.25) is 0 Å². The summed E-state index contributed by atoms with van der Waals surface area (Å²) in [4.78, 5) is 2.36. The summed E-state index contributed by atoms with van der Waals surface area (Å²) in [5.41, 5.74) is 8.16. The Kier molecular flexibility index (Phi) is 3.91. The maximum atomic E-state index is 13.2. The zero-order chi connectivity index (χ0) is 13.2. The molecular weight excluding hydrogens is 227 g/mol. The van der Waals surface area contributed by atoms with Crippen LogP contribution in [0.5, 0.6) is 0 Å². The predicted octanol–water partition coefficient (Wildman–Crippen LogP) is 3.30. The van der Waals surface area contributed by atoms with Crippen molar-refractivity contribution in [3.05, 3.63) is 29.6 Å². The van der Waals surface area contributed by atoms with Gasteiger partial charge in [0.1, 0.15) is 5.82 Å². The molecule has 0 spiro atoms. The third-order valence-corrected chi connectivity index (χ3v) is 3.94. The van der Waals surface area contributed by atoms with Crippen molar-refractivity contribution in [3.63, 3.8) is 0 Å². The van der Waals surface area contributed by atoms with E-state index in [4.69, 9.17) is 5.73 Å². The van der Waals surface area contributed by atoms with Crippen LogP contribution in [0.25, 0.3) is 0 Å². The highest BCUT2D eigenvalue weighted by molar-refractivity contribution is 5.54. The number of hydrogen-bond donors (Lipinski definition) is 1. The Morgan fingerprint density at radius 2 is 2.06 bits per heavy atom. The van der Waals surface area contributed by atoms with E-state index in [0.29, 0.717) is 12.0 Å². The number of benzene rings is 1. The van der Waals surface area contributed by atoms with Crippen LogP contribution in [0.2, 0.25) is 0 Å². The van der Waals surface area contributed by atoms with Crippen molar-refractivity contribution in [1.29, 1.82) is 0 Å². The van der Waals surface area contributed by atoms with Crippen LogP contribution in [0, 0.1) is 11.2 Å². The minimum absolute atomic E-state index is 0.200. The van der Waals surface area contributed by atoms with Gasteiger partial charge >= 0.3 is 0 Å². The van der Waals surface area contributed by atoms with E-state index >= 15 is 0 Å². The predicted molar refractivity (Wildman–Crippen MR) is 74.1 cm³/mol. The van der Waals surface area contributed by atoms with Crippen molar-refractivity contribution in [2.75, 3.05) is 18.0 Å². The lowest BCUT2D eigenvalue weighted by atomic mass is 9.85. The molecule has 1 saturated heterocycles. The normalized spacial score (nSPS) is 19.7. The summed E-state index contributed by atoms with van der Waals surface area (Å²) in [7, 11) is 0. The fraction of sp³-hybridized carbons (Fsp3) is 0.600. The van der Waals surface area contributed by atoms with Crippen LogP contribution in [0.1, 0.15) is 38.7 Å². The van der Waals surface area contributed by atoms with Crippen LogP contribution in [0.4, 0.5) is 10.1 Å². The van der Waals surface area contributed by atoms with Crippen molar-refractivity contribution in [1.82, 2.24) is 0 Å². The van der Waals surface area contributed by atoms with Crippen molar-refractivity contribution in [2.45, 2.75) is 39.7 Å². The van der Waals surface area contributed by atoms with Crippen LogP contribution in [0.15, 0.2) is 18.2 Å². The van der Waals surface area contributed by atoms with Crippen LogP contribution in [-0.4, -0.2) is 13.1 Å². The van der Waals surface area contributed by atoms with Crippen LogP contribution < -0.4 is 10.6 Å². The molecule has 1 aliphatic rings. The summed E-state index contributed by atoms with van der Waals surface area (Å²) in [6.45, 7) is 7.12. The Balaban J connectivity index is 2.21. The summed E-state index contributed by atoms with van der Waals surface area (Å²) in [6, 6.07) is 4.96. The van der Waals surface area contributed by atoms with Crippen molar-refractivity contribution < 1.29 is 4.39 Å². The second kappa shape index (κ2) is 5.27. The van der Waals surface area contributed by atoms with Crippen LogP contribution >= 0.6 is 0 Å². The Morgan fingerprint density at radius 1 is 1.28 bits per heavy atom. The van der Waals surface area contributed by atoms with E-state index in [9.17, 15) is 4.39 Å². The zero-order valence-corrected chi connectivity index (χ0v) is 11.4.